The molecule has 6 nitrogen and oxygen atoms in total. The summed E-state index contributed by atoms with van der Waals surface area (Å²) in [6.07, 6.45) is 0. The Morgan fingerprint density at radius 3 is 2.45 bits per heavy atom. The zero-order valence-electron chi connectivity index (χ0n) is 15.9. The second-order valence-corrected chi connectivity index (χ2v) is 9.01. The van der Waals surface area contributed by atoms with E-state index in [1.54, 1.807) is 0 Å². The van der Waals surface area contributed by atoms with Crippen molar-refractivity contribution in [3.63, 3.8) is 0 Å². The van der Waals surface area contributed by atoms with E-state index in [1.807, 2.05) is 35.7 Å². The summed E-state index contributed by atoms with van der Waals surface area (Å²) >= 11 is 1.27. The SMILES string of the molecule is O=C(Nc1nc(-c2ccccc2)cs1)c1cccc(S(=O)(=O)Nc2ccccc2F)c1. The van der Waals surface area contributed by atoms with E-state index < -0.39 is 21.7 Å². The fraction of sp³-hybridized carbons (Fsp3) is 0. The Morgan fingerprint density at radius 1 is 0.935 bits per heavy atom. The molecule has 0 bridgehead atoms. The lowest BCUT2D eigenvalue weighted by Gasteiger charge is -2.10. The summed E-state index contributed by atoms with van der Waals surface area (Å²) < 4.78 is 41.3. The monoisotopic (exact) mass is 453 g/mol. The van der Waals surface area contributed by atoms with Crippen LogP contribution in [-0.2, 0) is 10.0 Å². The number of nitrogens with one attached hydrogen (secondary N) is 2. The lowest BCUT2D eigenvalue weighted by Crippen LogP contribution is -2.16. The summed E-state index contributed by atoms with van der Waals surface area (Å²) in [7, 11) is -4.08. The van der Waals surface area contributed by atoms with Crippen LogP contribution in [0, 0.1) is 5.82 Å². The smallest absolute Gasteiger partial charge is 0.262 e. The number of amides is 1. The average Bonchev–Trinajstić information content (AvgIpc) is 3.24. The van der Waals surface area contributed by atoms with Gasteiger partial charge in [-0.3, -0.25) is 14.8 Å². The molecule has 0 saturated heterocycles. The molecule has 1 heterocycles. The van der Waals surface area contributed by atoms with Gasteiger partial charge in [0.05, 0.1) is 16.3 Å². The van der Waals surface area contributed by atoms with Gasteiger partial charge in [0.15, 0.2) is 5.13 Å². The van der Waals surface area contributed by atoms with E-state index in [4.69, 9.17) is 0 Å². The van der Waals surface area contributed by atoms with Crippen LogP contribution in [0.15, 0.2) is 89.1 Å². The molecule has 156 valence electrons. The summed E-state index contributed by atoms with van der Waals surface area (Å²) in [5.74, 6) is -1.20. The highest BCUT2D eigenvalue weighted by Crippen LogP contribution is 2.25. The molecule has 4 rings (SSSR count). The van der Waals surface area contributed by atoms with Gasteiger partial charge in [-0.2, -0.15) is 0 Å². The van der Waals surface area contributed by atoms with Crippen molar-refractivity contribution >= 4 is 38.1 Å². The molecule has 0 radical (unpaired) electrons. The second kappa shape index (κ2) is 8.66. The van der Waals surface area contributed by atoms with Gasteiger partial charge in [0.2, 0.25) is 0 Å². The maximum atomic E-state index is 13.8. The van der Waals surface area contributed by atoms with Crippen molar-refractivity contribution in [2.45, 2.75) is 4.90 Å². The summed E-state index contributed by atoms with van der Waals surface area (Å²) in [6.45, 7) is 0. The lowest BCUT2D eigenvalue weighted by molar-refractivity contribution is 0.102. The predicted molar refractivity (Wildman–Crippen MR) is 119 cm³/mol. The van der Waals surface area contributed by atoms with Crippen molar-refractivity contribution in [3.8, 4) is 11.3 Å². The van der Waals surface area contributed by atoms with Crippen LogP contribution in [0.2, 0.25) is 0 Å². The highest BCUT2D eigenvalue weighted by Gasteiger charge is 2.18. The summed E-state index contributed by atoms with van der Waals surface area (Å²) in [4.78, 5) is 16.9. The third-order valence-corrected chi connectivity index (χ3v) is 6.44. The molecule has 0 fully saturated rings. The van der Waals surface area contributed by atoms with E-state index in [1.165, 1.54) is 53.8 Å². The number of halogens is 1. The second-order valence-electron chi connectivity index (χ2n) is 6.47. The van der Waals surface area contributed by atoms with Crippen molar-refractivity contribution in [1.82, 2.24) is 4.98 Å². The molecule has 4 aromatic rings. The summed E-state index contributed by atoms with van der Waals surface area (Å²) in [5.41, 5.74) is 1.61. The molecular formula is C22H16FN3O3S2. The summed E-state index contributed by atoms with van der Waals surface area (Å²) in [5, 5.41) is 4.89. The number of hydrogen-bond acceptors (Lipinski definition) is 5. The van der Waals surface area contributed by atoms with E-state index in [-0.39, 0.29) is 16.1 Å². The minimum absolute atomic E-state index is 0.132. The van der Waals surface area contributed by atoms with Gasteiger partial charge < -0.3 is 0 Å². The van der Waals surface area contributed by atoms with Crippen molar-refractivity contribution in [2.75, 3.05) is 10.0 Å². The maximum absolute atomic E-state index is 13.8. The van der Waals surface area contributed by atoms with Crippen molar-refractivity contribution in [1.29, 1.82) is 0 Å². The van der Waals surface area contributed by atoms with Crippen LogP contribution in [0.3, 0.4) is 0 Å². The Bertz CT molecular complexity index is 1340. The van der Waals surface area contributed by atoms with Crippen molar-refractivity contribution in [2.24, 2.45) is 0 Å². The average molecular weight is 454 g/mol. The van der Waals surface area contributed by atoms with Crippen LogP contribution in [0.25, 0.3) is 11.3 Å². The van der Waals surface area contributed by atoms with Gasteiger partial charge in [-0.05, 0) is 30.3 Å². The van der Waals surface area contributed by atoms with E-state index in [2.05, 4.69) is 15.0 Å². The molecule has 1 amide bonds. The molecule has 0 aliphatic heterocycles. The van der Waals surface area contributed by atoms with Crippen LogP contribution in [-0.4, -0.2) is 19.3 Å². The van der Waals surface area contributed by atoms with Gasteiger partial charge in [-0.25, -0.2) is 17.8 Å². The third kappa shape index (κ3) is 4.79. The summed E-state index contributed by atoms with van der Waals surface area (Å²) in [6, 6.07) is 20.5. The number of anilines is 2. The molecule has 0 unspecified atom stereocenters. The van der Waals surface area contributed by atoms with Gasteiger partial charge in [-0.15, -0.1) is 11.3 Å². The Balaban J connectivity index is 1.52. The Kier molecular flexibility index (Phi) is 5.79. The third-order valence-electron chi connectivity index (χ3n) is 4.32. The first kappa shape index (κ1) is 20.7. The van der Waals surface area contributed by atoms with Crippen LogP contribution in [0.1, 0.15) is 10.4 Å². The molecule has 2 N–H and O–H groups in total. The van der Waals surface area contributed by atoms with Gasteiger partial charge in [0.1, 0.15) is 5.82 Å². The Morgan fingerprint density at radius 2 is 1.68 bits per heavy atom. The number of carbonyl (C=O) groups excluding carboxylic acids is 1. The number of thiazole rings is 1. The number of aromatic nitrogens is 1. The first-order chi connectivity index (χ1) is 14.9. The minimum Gasteiger partial charge on any atom is -0.298 e. The topological polar surface area (TPSA) is 88.2 Å². The van der Waals surface area contributed by atoms with Gasteiger partial charge in [0.25, 0.3) is 15.9 Å². The fourth-order valence-corrected chi connectivity index (χ4v) is 4.62. The largest absolute Gasteiger partial charge is 0.298 e. The van der Waals surface area contributed by atoms with E-state index >= 15 is 0 Å². The van der Waals surface area contributed by atoms with Crippen molar-refractivity contribution < 1.29 is 17.6 Å². The number of rotatable bonds is 6. The standard InChI is InChI=1S/C22H16FN3O3S2/c23-18-11-4-5-12-19(18)26-31(28,29)17-10-6-9-16(13-17)21(27)25-22-24-20(14-30-22)15-7-2-1-3-8-15/h1-14,26H,(H,24,25,27). The fourth-order valence-electron chi connectivity index (χ4n) is 2.79. The van der Waals surface area contributed by atoms with E-state index in [0.29, 0.717) is 5.13 Å². The van der Waals surface area contributed by atoms with Crippen LogP contribution in [0.4, 0.5) is 15.2 Å². The molecule has 0 atom stereocenters. The minimum atomic E-state index is -4.08. The maximum Gasteiger partial charge on any atom is 0.262 e. The highest BCUT2D eigenvalue weighted by molar-refractivity contribution is 7.92. The van der Waals surface area contributed by atoms with Crippen LogP contribution in [0.5, 0.6) is 0 Å². The molecular weight excluding hydrogens is 437 g/mol. The highest BCUT2D eigenvalue weighted by atomic mass is 32.2. The number of hydrogen-bond donors (Lipinski definition) is 2. The number of benzene rings is 3. The van der Waals surface area contributed by atoms with Crippen LogP contribution < -0.4 is 10.0 Å². The van der Waals surface area contributed by atoms with E-state index in [0.717, 1.165) is 17.3 Å². The molecule has 0 aliphatic carbocycles. The molecule has 31 heavy (non-hydrogen) atoms. The molecule has 3 aromatic carbocycles. The quantitative estimate of drug-likeness (QED) is 0.430. The Labute approximate surface area is 182 Å². The normalized spacial score (nSPS) is 11.1. The first-order valence-corrected chi connectivity index (χ1v) is 11.5. The van der Waals surface area contributed by atoms with Crippen LogP contribution >= 0.6 is 11.3 Å². The zero-order valence-corrected chi connectivity index (χ0v) is 17.6. The van der Waals surface area contributed by atoms with Gasteiger partial charge in [0, 0.05) is 16.5 Å². The number of nitrogens with zero attached hydrogens (tertiary/aromatic N) is 1. The first-order valence-electron chi connectivity index (χ1n) is 9.12. The van der Waals surface area contributed by atoms with Gasteiger partial charge >= 0.3 is 0 Å². The van der Waals surface area contributed by atoms with Crippen molar-refractivity contribution in [3.05, 3.63) is 95.6 Å². The number of carbonyl (C=O) groups is 1. The number of sulfonamides is 1. The molecule has 0 spiro atoms. The van der Waals surface area contributed by atoms with Gasteiger partial charge in [-0.1, -0.05) is 48.5 Å². The molecule has 0 saturated carbocycles. The predicted octanol–water partition coefficient (Wildman–Crippen LogP) is 5.00. The molecule has 1 aromatic heterocycles. The molecule has 9 heteroatoms. The zero-order chi connectivity index (χ0) is 21.8. The van der Waals surface area contributed by atoms with E-state index in [9.17, 15) is 17.6 Å². The Hall–Kier alpha value is -3.56. The molecule has 0 aliphatic rings. The lowest BCUT2D eigenvalue weighted by atomic mass is 10.2. The number of para-hydroxylation sites is 1.